The first-order valence-electron chi connectivity index (χ1n) is 7.89. The first-order valence-corrected chi connectivity index (χ1v) is 7.89. The number of rotatable bonds is 4. The summed E-state index contributed by atoms with van der Waals surface area (Å²) in [4.78, 5) is 18.5. The number of aromatic nitrogens is 1. The standard InChI is InChI=1S/C18H21N3O/c1-2-11-19-18(22)16-10-9-15(13-20-16)21-12-5-7-14-6-3-4-8-17(14)21/h3-4,6,8-10,13H,2,5,7,11-12H2,1H3,(H,19,22). The van der Waals surface area contributed by atoms with Crippen molar-refractivity contribution in [1.29, 1.82) is 0 Å². The summed E-state index contributed by atoms with van der Waals surface area (Å²) in [5.41, 5.74) is 4.14. The van der Waals surface area contributed by atoms with Crippen LogP contribution in [0, 0.1) is 0 Å². The largest absolute Gasteiger partial charge is 0.351 e. The van der Waals surface area contributed by atoms with Crippen LogP contribution in [0.4, 0.5) is 11.4 Å². The number of aryl methyl sites for hydroxylation is 1. The fourth-order valence-corrected chi connectivity index (χ4v) is 2.81. The van der Waals surface area contributed by atoms with Gasteiger partial charge < -0.3 is 10.2 Å². The molecular formula is C18H21N3O. The van der Waals surface area contributed by atoms with Crippen LogP contribution >= 0.6 is 0 Å². The highest BCUT2D eigenvalue weighted by Crippen LogP contribution is 2.32. The van der Waals surface area contributed by atoms with Gasteiger partial charge in [-0.3, -0.25) is 4.79 Å². The molecule has 1 aromatic heterocycles. The molecule has 22 heavy (non-hydrogen) atoms. The molecule has 4 nitrogen and oxygen atoms in total. The molecule has 1 N–H and O–H groups in total. The van der Waals surface area contributed by atoms with Crippen LogP contribution in [-0.2, 0) is 6.42 Å². The molecule has 2 heterocycles. The van der Waals surface area contributed by atoms with Crippen LogP contribution in [0.2, 0.25) is 0 Å². The van der Waals surface area contributed by atoms with Crippen molar-refractivity contribution in [2.75, 3.05) is 18.0 Å². The zero-order valence-electron chi connectivity index (χ0n) is 12.9. The normalized spacial score (nSPS) is 13.6. The van der Waals surface area contributed by atoms with E-state index in [9.17, 15) is 4.79 Å². The van der Waals surface area contributed by atoms with E-state index in [1.54, 1.807) is 12.3 Å². The quantitative estimate of drug-likeness (QED) is 0.941. The van der Waals surface area contributed by atoms with Crippen LogP contribution in [-0.4, -0.2) is 24.0 Å². The SMILES string of the molecule is CCCNC(=O)c1ccc(N2CCCc3ccccc32)cn1. The smallest absolute Gasteiger partial charge is 0.269 e. The molecule has 1 aliphatic heterocycles. The van der Waals surface area contributed by atoms with Gasteiger partial charge in [-0.05, 0) is 43.0 Å². The number of carbonyl (C=O) groups excluding carboxylic acids is 1. The van der Waals surface area contributed by atoms with Gasteiger partial charge in [-0.15, -0.1) is 0 Å². The van der Waals surface area contributed by atoms with Crippen LogP contribution in [0.5, 0.6) is 0 Å². The number of para-hydroxylation sites is 1. The molecule has 3 rings (SSSR count). The lowest BCUT2D eigenvalue weighted by Gasteiger charge is -2.31. The van der Waals surface area contributed by atoms with Crippen molar-refractivity contribution in [1.82, 2.24) is 10.3 Å². The van der Waals surface area contributed by atoms with Crippen LogP contribution in [0.15, 0.2) is 42.6 Å². The molecule has 0 spiro atoms. The summed E-state index contributed by atoms with van der Waals surface area (Å²) in [5.74, 6) is -0.104. The first-order chi connectivity index (χ1) is 10.8. The van der Waals surface area contributed by atoms with Gasteiger partial charge in [0, 0.05) is 18.8 Å². The predicted octanol–water partition coefficient (Wildman–Crippen LogP) is 3.31. The maximum absolute atomic E-state index is 11.9. The van der Waals surface area contributed by atoms with E-state index in [-0.39, 0.29) is 5.91 Å². The molecule has 1 aromatic carbocycles. The van der Waals surface area contributed by atoms with E-state index in [0.29, 0.717) is 12.2 Å². The highest BCUT2D eigenvalue weighted by Gasteiger charge is 2.18. The molecule has 1 aliphatic rings. The number of pyridine rings is 1. The van der Waals surface area contributed by atoms with E-state index >= 15 is 0 Å². The molecule has 0 aliphatic carbocycles. The second-order valence-electron chi connectivity index (χ2n) is 5.54. The van der Waals surface area contributed by atoms with Gasteiger partial charge in [0.1, 0.15) is 5.69 Å². The number of anilines is 2. The molecule has 114 valence electrons. The van der Waals surface area contributed by atoms with Gasteiger partial charge in [-0.2, -0.15) is 0 Å². The van der Waals surface area contributed by atoms with Crippen LogP contribution in [0.25, 0.3) is 0 Å². The van der Waals surface area contributed by atoms with E-state index in [2.05, 4.69) is 39.5 Å². The molecule has 4 heteroatoms. The Morgan fingerprint density at radius 3 is 2.91 bits per heavy atom. The molecule has 2 aromatic rings. The van der Waals surface area contributed by atoms with Gasteiger partial charge in [-0.1, -0.05) is 25.1 Å². The topological polar surface area (TPSA) is 45.2 Å². The number of hydrogen-bond acceptors (Lipinski definition) is 3. The molecule has 1 amide bonds. The third-order valence-electron chi connectivity index (χ3n) is 3.94. The number of nitrogens with zero attached hydrogens (tertiary/aromatic N) is 2. The van der Waals surface area contributed by atoms with Gasteiger partial charge in [-0.25, -0.2) is 4.98 Å². The minimum Gasteiger partial charge on any atom is -0.351 e. The van der Waals surface area contributed by atoms with E-state index in [4.69, 9.17) is 0 Å². The maximum Gasteiger partial charge on any atom is 0.269 e. The zero-order chi connectivity index (χ0) is 15.4. The second-order valence-corrected chi connectivity index (χ2v) is 5.54. The number of amides is 1. The maximum atomic E-state index is 11.9. The van der Waals surface area contributed by atoms with E-state index in [0.717, 1.165) is 31.5 Å². The Bertz CT molecular complexity index is 652. The van der Waals surface area contributed by atoms with Gasteiger partial charge >= 0.3 is 0 Å². The van der Waals surface area contributed by atoms with Crippen molar-refractivity contribution in [3.8, 4) is 0 Å². The minimum absolute atomic E-state index is 0.104. The van der Waals surface area contributed by atoms with Crippen LogP contribution < -0.4 is 10.2 Å². The highest BCUT2D eigenvalue weighted by molar-refractivity contribution is 5.92. The molecule has 0 saturated heterocycles. The number of hydrogen-bond donors (Lipinski definition) is 1. The Morgan fingerprint density at radius 1 is 1.27 bits per heavy atom. The average molecular weight is 295 g/mol. The van der Waals surface area contributed by atoms with Gasteiger partial charge in [0.05, 0.1) is 11.9 Å². The molecular weight excluding hydrogens is 274 g/mol. The summed E-state index contributed by atoms with van der Waals surface area (Å²) in [6.07, 6.45) is 4.98. The predicted molar refractivity (Wildman–Crippen MR) is 88.6 cm³/mol. The number of nitrogens with one attached hydrogen (secondary N) is 1. The lowest BCUT2D eigenvalue weighted by atomic mass is 10.0. The van der Waals surface area contributed by atoms with Crippen LogP contribution in [0.1, 0.15) is 35.8 Å². The molecule has 0 fully saturated rings. The fraction of sp³-hybridized carbons (Fsp3) is 0.333. The number of fused-ring (bicyclic) bond motifs is 1. The Balaban J connectivity index is 1.81. The monoisotopic (exact) mass is 295 g/mol. The molecule has 0 radical (unpaired) electrons. The van der Waals surface area contributed by atoms with Crippen molar-refractivity contribution in [3.05, 3.63) is 53.9 Å². The van der Waals surface area contributed by atoms with Crippen molar-refractivity contribution in [3.63, 3.8) is 0 Å². The third kappa shape index (κ3) is 2.96. The highest BCUT2D eigenvalue weighted by atomic mass is 16.1. The summed E-state index contributed by atoms with van der Waals surface area (Å²) in [7, 11) is 0. The van der Waals surface area contributed by atoms with E-state index in [1.165, 1.54) is 11.3 Å². The average Bonchev–Trinajstić information content (AvgIpc) is 2.59. The molecule has 0 bridgehead atoms. The van der Waals surface area contributed by atoms with Gasteiger partial charge in [0.15, 0.2) is 0 Å². The Morgan fingerprint density at radius 2 is 2.14 bits per heavy atom. The minimum atomic E-state index is -0.104. The van der Waals surface area contributed by atoms with Gasteiger partial charge in [0.25, 0.3) is 5.91 Å². The number of benzene rings is 1. The third-order valence-corrected chi connectivity index (χ3v) is 3.94. The van der Waals surface area contributed by atoms with E-state index in [1.807, 2.05) is 13.0 Å². The summed E-state index contributed by atoms with van der Waals surface area (Å²) in [6, 6.07) is 12.3. The molecule has 0 saturated carbocycles. The Hall–Kier alpha value is -2.36. The Kier molecular flexibility index (Phi) is 4.37. The number of carbonyl (C=O) groups is 1. The van der Waals surface area contributed by atoms with Gasteiger partial charge in [0.2, 0.25) is 0 Å². The lowest BCUT2D eigenvalue weighted by molar-refractivity contribution is 0.0948. The zero-order valence-corrected chi connectivity index (χ0v) is 12.9. The first kappa shape index (κ1) is 14.6. The van der Waals surface area contributed by atoms with Crippen molar-refractivity contribution >= 4 is 17.3 Å². The second kappa shape index (κ2) is 6.60. The Labute approximate surface area is 131 Å². The summed E-state index contributed by atoms with van der Waals surface area (Å²) < 4.78 is 0. The van der Waals surface area contributed by atoms with E-state index < -0.39 is 0 Å². The summed E-state index contributed by atoms with van der Waals surface area (Å²) >= 11 is 0. The van der Waals surface area contributed by atoms with Crippen molar-refractivity contribution in [2.45, 2.75) is 26.2 Å². The molecule has 0 unspecified atom stereocenters. The van der Waals surface area contributed by atoms with Crippen LogP contribution in [0.3, 0.4) is 0 Å². The van der Waals surface area contributed by atoms with Crippen molar-refractivity contribution in [2.24, 2.45) is 0 Å². The lowest BCUT2D eigenvalue weighted by Crippen LogP contribution is -2.26. The summed E-state index contributed by atoms with van der Waals surface area (Å²) in [5, 5.41) is 2.85. The summed E-state index contributed by atoms with van der Waals surface area (Å²) in [6.45, 7) is 3.70. The fourth-order valence-electron chi connectivity index (χ4n) is 2.81. The molecule has 0 atom stereocenters. The van der Waals surface area contributed by atoms with Crippen molar-refractivity contribution < 1.29 is 4.79 Å².